The average Bonchev–Trinajstić information content (AvgIpc) is 2.95. The van der Waals surface area contributed by atoms with Crippen molar-refractivity contribution in [2.24, 2.45) is 7.05 Å². The van der Waals surface area contributed by atoms with Gasteiger partial charge in [-0.1, -0.05) is 59.8 Å². The molecule has 1 unspecified atom stereocenters. The van der Waals surface area contributed by atoms with Crippen molar-refractivity contribution < 1.29 is 9.53 Å². The molecule has 0 amide bonds. The van der Waals surface area contributed by atoms with Crippen LogP contribution in [-0.2, 0) is 16.6 Å². The Bertz CT molecular complexity index is 1040. The van der Waals surface area contributed by atoms with Gasteiger partial charge in [0.2, 0.25) is 0 Å². The third-order valence-corrected chi connectivity index (χ3v) is 6.55. The topological polar surface area (TPSA) is 31.2 Å². The monoisotopic (exact) mass is 363 g/mol. The van der Waals surface area contributed by atoms with E-state index in [0.717, 1.165) is 22.3 Å². The van der Waals surface area contributed by atoms with E-state index in [0.29, 0.717) is 0 Å². The summed E-state index contributed by atoms with van der Waals surface area (Å²) in [6.45, 7) is 4.11. The zero-order valence-corrected chi connectivity index (χ0v) is 16.2. The summed E-state index contributed by atoms with van der Waals surface area (Å²) in [5.41, 5.74) is 6.41. The molecule has 4 rings (SSSR count). The Morgan fingerprint density at radius 1 is 1.08 bits per heavy atom. The molecule has 0 N–H and O–H groups in total. The van der Waals surface area contributed by atoms with Gasteiger partial charge >= 0.3 is 5.97 Å². The van der Waals surface area contributed by atoms with Crippen LogP contribution in [0.2, 0.25) is 0 Å². The zero-order valence-electron chi connectivity index (χ0n) is 15.4. The first-order valence-corrected chi connectivity index (χ1v) is 9.51. The van der Waals surface area contributed by atoms with E-state index >= 15 is 0 Å². The number of fused-ring (bicyclic) bond motifs is 3. The van der Waals surface area contributed by atoms with Crippen LogP contribution in [0.25, 0.3) is 16.5 Å². The van der Waals surface area contributed by atoms with Crippen LogP contribution in [0, 0.1) is 6.92 Å². The molecule has 3 nitrogen and oxygen atoms in total. The molecule has 132 valence electrons. The summed E-state index contributed by atoms with van der Waals surface area (Å²) in [5, 5.41) is 2.30. The molecule has 0 saturated heterocycles. The van der Waals surface area contributed by atoms with E-state index in [9.17, 15) is 4.79 Å². The molecule has 0 bridgehead atoms. The number of hydrogen-bond donors (Lipinski definition) is 0. The minimum Gasteiger partial charge on any atom is -0.466 e. The number of aryl methyl sites for hydroxylation is 2. The number of esters is 1. The smallest absolute Gasteiger partial charge is 0.335 e. The molecule has 1 aromatic heterocycles. The first-order chi connectivity index (χ1) is 12.5. The number of carbonyl (C=O) groups is 1. The lowest BCUT2D eigenvalue weighted by molar-refractivity contribution is -0.136. The Balaban J connectivity index is 1.99. The number of ether oxygens (including phenoxy) is 1. The normalized spacial score (nSPS) is 16.7. The number of hydrogen-bond acceptors (Lipinski definition) is 3. The van der Waals surface area contributed by atoms with E-state index in [1.165, 1.54) is 28.6 Å². The van der Waals surface area contributed by atoms with Crippen LogP contribution in [0.4, 0.5) is 0 Å². The molecule has 1 atom stereocenters. The van der Waals surface area contributed by atoms with E-state index in [1.54, 1.807) is 11.8 Å². The van der Waals surface area contributed by atoms with Gasteiger partial charge in [-0.05, 0) is 31.1 Å². The Kier molecular flexibility index (Phi) is 4.16. The lowest BCUT2D eigenvalue weighted by atomic mass is 9.94. The van der Waals surface area contributed by atoms with E-state index in [1.807, 2.05) is 13.0 Å². The number of nitrogens with zero attached hydrogens (tertiary/aromatic N) is 1. The van der Waals surface area contributed by atoms with Gasteiger partial charge in [-0.25, -0.2) is 4.79 Å². The summed E-state index contributed by atoms with van der Waals surface area (Å²) >= 11 is 1.73. The first kappa shape index (κ1) is 17.0. The maximum atomic E-state index is 12.7. The van der Waals surface area contributed by atoms with Crippen LogP contribution < -0.4 is 0 Å². The van der Waals surface area contributed by atoms with E-state index in [-0.39, 0.29) is 11.2 Å². The molecule has 0 radical (unpaired) electrons. The second-order valence-corrected chi connectivity index (χ2v) is 7.79. The molecule has 2 heterocycles. The fourth-order valence-corrected chi connectivity index (χ4v) is 5.26. The van der Waals surface area contributed by atoms with Gasteiger partial charge in [0.15, 0.2) is 0 Å². The number of aromatic nitrogens is 1. The molecule has 2 aromatic carbocycles. The second kappa shape index (κ2) is 6.36. The highest BCUT2D eigenvalue weighted by Crippen LogP contribution is 2.52. The van der Waals surface area contributed by atoms with Crippen molar-refractivity contribution >= 4 is 34.2 Å². The third-order valence-electron chi connectivity index (χ3n) is 5.11. The first-order valence-electron chi connectivity index (χ1n) is 8.63. The van der Waals surface area contributed by atoms with Crippen LogP contribution in [-0.4, -0.2) is 17.6 Å². The molecule has 3 aromatic rings. The van der Waals surface area contributed by atoms with Crippen molar-refractivity contribution in [1.29, 1.82) is 0 Å². The molecule has 4 heteroatoms. The zero-order chi connectivity index (χ0) is 18.4. The van der Waals surface area contributed by atoms with Crippen LogP contribution in [0.1, 0.15) is 28.9 Å². The van der Waals surface area contributed by atoms with Crippen LogP contribution in [0.5, 0.6) is 0 Å². The summed E-state index contributed by atoms with van der Waals surface area (Å²) in [6.07, 6.45) is 0. The maximum Gasteiger partial charge on any atom is 0.335 e. The summed E-state index contributed by atoms with van der Waals surface area (Å²) < 4.78 is 7.38. The minimum absolute atomic E-state index is 0.0708. The van der Waals surface area contributed by atoms with E-state index < -0.39 is 0 Å². The van der Waals surface area contributed by atoms with Crippen molar-refractivity contribution in [2.45, 2.75) is 24.1 Å². The standard InChI is InChI=1S/C22H21NO2S/c1-13-9-11-15(12-10-13)20-19(22(24)25-4)14(2)18-16-7-5-6-8-17(16)23(3)21(18)26-20/h5-12,20H,1-4H3. The highest BCUT2D eigenvalue weighted by molar-refractivity contribution is 7.99. The van der Waals surface area contributed by atoms with Gasteiger partial charge in [0, 0.05) is 23.5 Å². The molecule has 1 aliphatic rings. The molecule has 0 spiro atoms. The van der Waals surface area contributed by atoms with Gasteiger partial charge < -0.3 is 9.30 Å². The molecule has 1 aliphatic heterocycles. The van der Waals surface area contributed by atoms with Crippen molar-refractivity contribution in [3.63, 3.8) is 0 Å². The van der Waals surface area contributed by atoms with Gasteiger partial charge in [0.05, 0.1) is 23.0 Å². The van der Waals surface area contributed by atoms with Crippen molar-refractivity contribution in [3.05, 3.63) is 70.8 Å². The Morgan fingerprint density at radius 2 is 1.77 bits per heavy atom. The lowest BCUT2D eigenvalue weighted by Crippen LogP contribution is -2.16. The Morgan fingerprint density at radius 3 is 2.46 bits per heavy atom. The summed E-state index contributed by atoms with van der Waals surface area (Å²) in [6, 6.07) is 16.8. The van der Waals surface area contributed by atoms with E-state index in [2.05, 4.69) is 61.0 Å². The number of para-hydroxylation sites is 1. The number of thioether (sulfide) groups is 1. The highest BCUT2D eigenvalue weighted by Gasteiger charge is 2.35. The van der Waals surface area contributed by atoms with Crippen LogP contribution in [0.3, 0.4) is 0 Å². The lowest BCUT2D eigenvalue weighted by Gasteiger charge is -2.27. The van der Waals surface area contributed by atoms with Crippen molar-refractivity contribution in [2.75, 3.05) is 7.11 Å². The molecular formula is C22H21NO2S. The van der Waals surface area contributed by atoms with Crippen LogP contribution >= 0.6 is 11.8 Å². The average molecular weight is 363 g/mol. The summed E-state index contributed by atoms with van der Waals surface area (Å²) in [5.74, 6) is -0.251. The largest absolute Gasteiger partial charge is 0.466 e. The number of benzene rings is 2. The molecule has 26 heavy (non-hydrogen) atoms. The summed E-state index contributed by atoms with van der Waals surface area (Å²) in [4.78, 5) is 12.7. The van der Waals surface area contributed by atoms with Gasteiger partial charge in [0.1, 0.15) is 0 Å². The minimum atomic E-state index is -0.251. The maximum absolute atomic E-state index is 12.7. The number of rotatable bonds is 2. The van der Waals surface area contributed by atoms with Gasteiger partial charge in [-0.15, -0.1) is 0 Å². The molecule has 0 aliphatic carbocycles. The third kappa shape index (κ3) is 2.48. The molecule has 0 fully saturated rings. The quantitative estimate of drug-likeness (QED) is 0.581. The van der Waals surface area contributed by atoms with E-state index in [4.69, 9.17) is 4.74 Å². The second-order valence-electron chi connectivity index (χ2n) is 6.70. The van der Waals surface area contributed by atoms with Crippen molar-refractivity contribution in [3.8, 4) is 0 Å². The fourth-order valence-electron chi connectivity index (χ4n) is 3.72. The van der Waals surface area contributed by atoms with Gasteiger partial charge in [0.25, 0.3) is 0 Å². The Hall–Kier alpha value is -2.46. The van der Waals surface area contributed by atoms with Gasteiger partial charge in [-0.2, -0.15) is 0 Å². The van der Waals surface area contributed by atoms with Gasteiger partial charge in [-0.3, -0.25) is 0 Å². The number of allylic oxidation sites excluding steroid dienone is 1. The summed E-state index contributed by atoms with van der Waals surface area (Å²) in [7, 11) is 3.55. The fraction of sp³-hybridized carbons (Fsp3) is 0.227. The van der Waals surface area contributed by atoms with Crippen molar-refractivity contribution in [1.82, 2.24) is 4.57 Å². The molecule has 0 saturated carbocycles. The highest BCUT2D eigenvalue weighted by atomic mass is 32.2. The Labute approximate surface area is 157 Å². The predicted octanol–water partition coefficient (Wildman–Crippen LogP) is 5.28. The van der Waals surface area contributed by atoms with Crippen LogP contribution in [0.15, 0.2) is 59.1 Å². The predicted molar refractivity (Wildman–Crippen MR) is 107 cm³/mol. The number of methoxy groups -OCH3 is 1. The molecular weight excluding hydrogens is 342 g/mol. The SMILES string of the molecule is COC(=O)C1=C(C)c2c(n(C)c3ccccc23)SC1c1ccc(C)cc1. The number of carbonyl (C=O) groups excluding carboxylic acids is 1.